The molecule has 142 valence electrons. The number of aromatic nitrogens is 3. The summed E-state index contributed by atoms with van der Waals surface area (Å²) in [5.41, 5.74) is 2.39. The van der Waals surface area contributed by atoms with Crippen LogP contribution in [0.1, 0.15) is 32.3 Å². The summed E-state index contributed by atoms with van der Waals surface area (Å²) in [6.07, 6.45) is 4.12. The molecule has 0 aliphatic heterocycles. The van der Waals surface area contributed by atoms with Crippen LogP contribution >= 0.6 is 0 Å². The largest absolute Gasteiger partial charge is 0.293 e. The topological polar surface area (TPSA) is 119 Å². The number of fused-ring (bicyclic) bond motifs is 1. The van der Waals surface area contributed by atoms with E-state index in [-0.39, 0.29) is 16.8 Å². The lowest BCUT2D eigenvalue weighted by Gasteiger charge is -2.13. The maximum absolute atomic E-state index is 12.3. The summed E-state index contributed by atoms with van der Waals surface area (Å²) in [4.78, 5) is 15.5. The van der Waals surface area contributed by atoms with Crippen molar-refractivity contribution in [1.82, 2.24) is 14.6 Å². The van der Waals surface area contributed by atoms with Gasteiger partial charge in [0.25, 0.3) is 0 Å². The number of nitrogens with one attached hydrogen (secondary N) is 1. The van der Waals surface area contributed by atoms with E-state index < -0.39 is 10.0 Å². The Bertz CT molecular complexity index is 1110. The summed E-state index contributed by atoms with van der Waals surface area (Å²) in [5.74, 6) is -0.0886. The summed E-state index contributed by atoms with van der Waals surface area (Å²) < 4.78 is 26.1. The maximum Gasteiger partial charge on any atom is 0.249 e. The second kappa shape index (κ2) is 7.45. The van der Waals surface area contributed by atoms with Crippen LogP contribution in [0.5, 0.6) is 0 Å². The third-order valence-corrected chi connectivity index (χ3v) is 5.16. The number of amides is 1. The lowest BCUT2D eigenvalue weighted by molar-refractivity contribution is -0.114. The molecule has 0 fully saturated rings. The maximum atomic E-state index is 12.3. The second-order valence-corrected chi connectivity index (χ2v) is 7.78. The van der Waals surface area contributed by atoms with E-state index in [1.54, 1.807) is 30.5 Å². The fraction of sp³-hybridized carbons (Fsp3) is 0.278. The van der Waals surface area contributed by atoms with Crippen molar-refractivity contribution in [3.63, 3.8) is 0 Å². The second-order valence-electron chi connectivity index (χ2n) is 6.28. The molecule has 0 radical (unpaired) electrons. The van der Waals surface area contributed by atoms with Crippen LogP contribution in [-0.4, -0.2) is 28.9 Å². The molecule has 0 aliphatic rings. The summed E-state index contributed by atoms with van der Waals surface area (Å²) in [6, 6.07) is 8.81. The summed E-state index contributed by atoms with van der Waals surface area (Å²) in [5, 5.41) is 12.2. The van der Waals surface area contributed by atoms with Gasteiger partial charge in [0.2, 0.25) is 21.9 Å². The standard InChI is InChI=1S/C18H21N5O3S/c1-3-4-6-13-7-5-8-15(17(13)27(19,25)26)14-9-10-16-21-18(20-12(2)24)22-23(16)11-14/h5,7-11H,3-4,6H2,1-2H3,(H2,19,25,26)(H,20,22,24). The van der Waals surface area contributed by atoms with Crippen LogP contribution in [0.25, 0.3) is 16.8 Å². The van der Waals surface area contributed by atoms with Crippen molar-refractivity contribution in [2.75, 3.05) is 5.32 Å². The van der Waals surface area contributed by atoms with E-state index >= 15 is 0 Å². The molecule has 0 bridgehead atoms. The van der Waals surface area contributed by atoms with E-state index in [1.165, 1.54) is 11.4 Å². The molecular formula is C18H21N5O3S. The van der Waals surface area contributed by atoms with Gasteiger partial charge in [-0.25, -0.2) is 18.1 Å². The predicted molar refractivity (Wildman–Crippen MR) is 103 cm³/mol. The van der Waals surface area contributed by atoms with Gasteiger partial charge in [-0.05, 0) is 30.5 Å². The van der Waals surface area contributed by atoms with Crippen molar-refractivity contribution in [3.8, 4) is 11.1 Å². The van der Waals surface area contributed by atoms with Gasteiger partial charge < -0.3 is 0 Å². The lowest BCUT2D eigenvalue weighted by atomic mass is 10.0. The number of primary sulfonamides is 1. The number of rotatable bonds is 6. The average Bonchev–Trinajstić information content (AvgIpc) is 2.99. The first-order valence-corrected chi connectivity index (χ1v) is 10.1. The average molecular weight is 387 g/mol. The Morgan fingerprint density at radius 1 is 1.26 bits per heavy atom. The van der Waals surface area contributed by atoms with Gasteiger partial charge in [0.15, 0.2) is 5.65 Å². The molecule has 1 aromatic carbocycles. The summed E-state index contributed by atoms with van der Waals surface area (Å²) >= 11 is 0. The molecule has 2 heterocycles. The Kier molecular flexibility index (Phi) is 5.24. The SMILES string of the molecule is CCCCc1cccc(-c2ccc3nc(NC(C)=O)nn3c2)c1S(N)(=O)=O. The van der Waals surface area contributed by atoms with Crippen LogP contribution in [0, 0.1) is 0 Å². The predicted octanol–water partition coefficient (Wildman–Crippen LogP) is 2.34. The van der Waals surface area contributed by atoms with Gasteiger partial charge >= 0.3 is 0 Å². The highest BCUT2D eigenvalue weighted by atomic mass is 32.2. The Labute approximate surface area is 157 Å². The molecule has 27 heavy (non-hydrogen) atoms. The highest BCUT2D eigenvalue weighted by Crippen LogP contribution is 2.30. The van der Waals surface area contributed by atoms with E-state index in [9.17, 15) is 13.2 Å². The number of pyridine rings is 1. The molecule has 0 spiro atoms. The molecule has 0 unspecified atom stereocenters. The van der Waals surface area contributed by atoms with Crippen LogP contribution in [0.2, 0.25) is 0 Å². The van der Waals surface area contributed by atoms with E-state index in [1.807, 2.05) is 13.0 Å². The Morgan fingerprint density at radius 2 is 2.04 bits per heavy atom. The zero-order valence-electron chi connectivity index (χ0n) is 15.1. The first-order valence-electron chi connectivity index (χ1n) is 8.58. The molecule has 3 rings (SSSR count). The number of nitrogens with zero attached hydrogens (tertiary/aromatic N) is 3. The molecule has 8 nitrogen and oxygen atoms in total. The molecule has 0 saturated carbocycles. The minimum Gasteiger partial charge on any atom is -0.293 e. The zero-order chi connectivity index (χ0) is 19.6. The number of benzene rings is 1. The smallest absolute Gasteiger partial charge is 0.249 e. The fourth-order valence-electron chi connectivity index (χ4n) is 2.97. The zero-order valence-corrected chi connectivity index (χ0v) is 16.0. The van der Waals surface area contributed by atoms with Crippen LogP contribution < -0.4 is 10.5 Å². The molecule has 1 amide bonds. The molecule has 2 aromatic heterocycles. The van der Waals surface area contributed by atoms with Gasteiger partial charge in [-0.2, -0.15) is 4.98 Å². The lowest BCUT2D eigenvalue weighted by Crippen LogP contribution is -2.16. The normalized spacial score (nSPS) is 11.7. The quantitative estimate of drug-likeness (QED) is 0.673. The molecule has 0 saturated heterocycles. The number of aryl methyl sites for hydroxylation is 1. The van der Waals surface area contributed by atoms with Gasteiger partial charge in [-0.15, -0.1) is 5.10 Å². The molecule has 3 N–H and O–H groups in total. The van der Waals surface area contributed by atoms with Gasteiger partial charge in [-0.1, -0.05) is 31.5 Å². The molecule has 3 aromatic rings. The van der Waals surface area contributed by atoms with Crippen molar-refractivity contribution < 1.29 is 13.2 Å². The highest BCUT2D eigenvalue weighted by Gasteiger charge is 2.20. The molecule has 0 aliphatic carbocycles. The highest BCUT2D eigenvalue weighted by molar-refractivity contribution is 7.89. The van der Waals surface area contributed by atoms with E-state index in [0.29, 0.717) is 28.8 Å². The van der Waals surface area contributed by atoms with Crippen LogP contribution in [-0.2, 0) is 21.2 Å². The van der Waals surface area contributed by atoms with Crippen LogP contribution in [0.4, 0.5) is 5.95 Å². The van der Waals surface area contributed by atoms with Gasteiger partial charge in [0, 0.05) is 24.2 Å². The molecule has 0 atom stereocenters. The van der Waals surface area contributed by atoms with Crippen LogP contribution in [0.3, 0.4) is 0 Å². The van der Waals surface area contributed by atoms with Crippen molar-refractivity contribution in [2.24, 2.45) is 5.14 Å². The fourth-order valence-corrected chi connectivity index (χ4v) is 3.99. The number of nitrogens with two attached hydrogens (primary N) is 1. The Hall–Kier alpha value is -2.78. The first kappa shape index (κ1) is 19.0. The van der Waals surface area contributed by atoms with Gasteiger partial charge in [0.1, 0.15) is 0 Å². The minimum atomic E-state index is -3.91. The molecule has 9 heteroatoms. The van der Waals surface area contributed by atoms with Crippen molar-refractivity contribution in [1.29, 1.82) is 0 Å². The third-order valence-electron chi connectivity index (χ3n) is 4.11. The van der Waals surface area contributed by atoms with E-state index in [2.05, 4.69) is 15.4 Å². The van der Waals surface area contributed by atoms with E-state index in [0.717, 1.165) is 12.8 Å². The van der Waals surface area contributed by atoms with Crippen molar-refractivity contribution in [2.45, 2.75) is 38.0 Å². The van der Waals surface area contributed by atoms with Crippen molar-refractivity contribution in [3.05, 3.63) is 42.1 Å². The monoisotopic (exact) mass is 387 g/mol. The Balaban J connectivity index is 2.13. The number of anilines is 1. The number of unbranched alkanes of at least 4 members (excludes halogenated alkanes) is 1. The Morgan fingerprint density at radius 3 is 2.70 bits per heavy atom. The van der Waals surface area contributed by atoms with Gasteiger partial charge in [0.05, 0.1) is 4.90 Å². The number of hydrogen-bond donors (Lipinski definition) is 2. The number of carbonyl (C=O) groups is 1. The van der Waals surface area contributed by atoms with E-state index in [4.69, 9.17) is 5.14 Å². The number of sulfonamides is 1. The third kappa shape index (κ3) is 4.15. The van der Waals surface area contributed by atoms with Gasteiger partial charge in [-0.3, -0.25) is 10.1 Å². The number of carbonyl (C=O) groups excluding carboxylic acids is 1. The minimum absolute atomic E-state index is 0.139. The summed E-state index contributed by atoms with van der Waals surface area (Å²) in [7, 11) is -3.91. The number of hydrogen-bond acceptors (Lipinski definition) is 5. The molecular weight excluding hydrogens is 366 g/mol. The first-order chi connectivity index (χ1) is 12.8. The van der Waals surface area contributed by atoms with Crippen molar-refractivity contribution >= 4 is 27.5 Å². The summed E-state index contributed by atoms with van der Waals surface area (Å²) in [6.45, 7) is 3.42. The van der Waals surface area contributed by atoms with Crippen LogP contribution in [0.15, 0.2) is 41.4 Å².